The van der Waals surface area contributed by atoms with E-state index in [1.165, 1.54) is 0 Å². The zero-order valence-electron chi connectivity index (χ0n) is 8.63. The van der Waals surface area contributed by atoms with Gasteiger partial charge in [0.25, 0.3) is 0 Å². The Morgan fingerprint density at radius 1 is 1.62 bits per heavy atom. The average Bonchev–Trinajstić information content (AvgIpc) is 2.23. The predicted octanol–water partition coefficient (Wildman–Crippen LogP) is 2.60. The van der Waals surface area contributed by atoms with Crippen LogP contribution in [0.1, 0.15) is 6.92 Å². The Morgan fingerprint density at radius 2 is 2.31 bits per heavy atom. The summed E-state index contributed by atoms with van der Waals surface area (Å²) in [5.41, 5.74) is 0.593. The van der Waals surface area contributed by atoms with Crippen LogP contribution in [0.3, 0.4) is 0 Å². The molecule has 88 valence electrons. The Balaban J connectivity index is 2.59. The van der Waals surface area contributed by atoms with E-state index in [9.17, 15) is 4.79 Å². The number of anilines is 1. The Morgan fingerprint density at radius 3 is 2.88 bits per heavy atom. The molecule has 0 saturated carbocycles. The van der Waals surface area contributed by atoms with Crippen LogP contribution in [0.2, 0.25) is 5.02 Å². The molecular weight excluding hydrogens is 295 g/mol. The zero-order chi connectivity index (χ0) is 12.1. The summed E-state index contributed by atoms with van der Waals surface area (Å²) in [4.78, 5) is 11.4. The minimum Gasteiger partial charge on any atom is -0.394 e. The van der Waals surface area contributed by atoms with Crippen molar-refractivity contribution in [1.82, 2.24) is 5.32 Å². The van der Waals surface area contributed by atoms with E-state index in [2.05, 4.69) is 26.6 Å². The molecule has 1 aromatic rings. The molecule has 0 heterocycles. The molecule has 0 fully saturated rings. The van der Waals surface area contributed by atoms with Crippen LogP contribution < -0.4 is 10.6 Å². The van der Waals surface area contributed by atoms with Gasteiger partial charge in [0.05, 0.1) is 17.7 Å². The maximum absolute atomic E-state index is 11.4. The first kappa shape index (κ1) is 13.3. The molecule has 0 aliphatic carbocycles. The largest absolute Gasteiger partial charge is 0.394 e. The van der Waals surface area contributed by atoms with E-state index in [0.29, 0.717) is 10.7 Å². The van der Waals surface area contributed by atoms with Gasteiger partial charge in [0.2, 0.25) is 0 Å². The molecule has 0 spiro atoms. The lowest BCUT2D eigenvalue weighted by molar-refractivity contribution is 0.229. The molecule has 6 heteroatoms. The van der Waals surface area contributed by atoms with Gasteiger partial charge in [0, 0.05) is 10.2 Å². The van der Waals surface area contributed by atoms with Crippen LogP contribution in [-0.2, 0) is 0 Å². The zero-order valence-corrected chi connectivity index (χ0v) is 11.0. The molecule has 0 bridgehead atoms. The van der Waals surface area contributed by atoms with Crippen molar-refractivity contribution < 1.29 is 9.90 Å². The number of carbonyl (C=O) groups is 1. The fourth-order valence-electron chi connectivity index (χ4n) is 1.01. The van der Waals surface area contributed by atoms with Crippen LogP contribution in [0.15, 0.2) is 22.7 Å². The predicted molar refractivity (Wildman–Crippen MR) is 67.9 cm³/mol. The smallest absolute Gasteiger partial charge is 0.319 e. The Bertz CT molecular complexity index is 387. The van der Waals surface area contributed by atoms with E-state index in [-0.39, 0.29) is 18.7 Å². The molecule has 0 aliphatic rings. The molecule has 1 rings (SSSR count). The molecule has 1 atom stereocenters. The van der Waals surface area contributed by atoms with Gasteiger partial charge in [-0.25, -0.2) is 4.79 Å². The second-order valence-electron chi connectivity index (χ2n) is 3.31. The van der Waals surface area contributed by atoms with E-state index in [1.807, 2.05) is 0 Å². The van der Waals surface area contributed by atoms with E-state index in [4.69, 9.17) is 16.7 Å². The maximum Gasteiger partial charge on any atom is 0.319 e. The van der Waals surface area contributed by atoms with E-state index >= 15 is 0 Å². The van der Waals surface area contributed by atoms with Crippen LogP contribution >= 0.6 is 27.5 Å². The summed E-state index contributed by atoms with van der Waals surface area (Å²) < 4.78 is 0.767. The normalized spacial score (nSPS) is 12.0. The van der Waals surface area contributed by atoms with Gasteiger partial charge < -0.3 is 15.7 Å². The Labute approximate surface area is 107 Å². The average molecular weight is 308 g/mol. The lowest BCUT2D eigenvalue weighted by Crippen LogP contribution is -2.38. The van der Waals surface area contributed by atoms with Crippen molar-refractivity contribution in [3.05, 3.63) is 27.7 Å². The molecule has 2 amide bonds. The van der Waals surface area contributed by atoms with Crippen molar-refractivity contribution in [3.63, 3.8) is 0 Å². The quantitative estimate of drug-likeness (QED) is 0.804. The molecule has 0 unspecified atom stereocenters. The molecule has 0 aliphatic heterocycles. The van der Waals surface area contributed by atoms with Gasteiger partial charge in [0.1, 0.15) is 0 Å². The van der Waals surface area contributed by atoms with E-state index < -0.39 is 0 Å². The van der Waals surface area contributed by atoms with Crippen LogP contribution in [0.5, 0.6) is 0 Å². The van der Waals surface area contributed by atoms with Gasteiger partial charge in [-0.1, -0.05) is 11.6 Å². The lowest BCUT2D eigenvalue weighted by Gasteiger charge is -2.12. The molecule has 4 nitrogen and oxygen atoms in total. The second-order valence-corrected chi connectivity index (χ2v) is 4.57. The number of benzene rings is 1. The van der Waals surface area contributed by atoms with Crippen molar-refractivity contribution in [2.24, 2.45) is 0 Å². The number of nitrogens with one attached hydrogen (secondary N) is 2. The first-order valence-electron chi connectivity index (χ1n) is 4.66. The van der Waals surface area contributed by atoms with Gasteiger partial charge >= 0.3 is 6.03 Å². The Kier molecular flexibility index (Phi) is 5.05. The highest BCUT2D eigenvalue weighted by Gasteiger charge is 2.06. The van der Waals surface area contributed by atoms with Gasteiger partial charge in [-0.2, -0.15) is 0 Å². The summed E-state index contributed by atoms with van der Waals surface area (Å²) >= 11 is 9.13. The number of amides is 2. The summed E-state index contributed by atoms with van der Waals surface area (Å²) in [6.45, 7) is 1.60. The number of halogens is 2. The molecule has 3 N–H and O–H groups in total. The van der Waals surface area contributed by atoms with Gasteiger partial charge in [-0.05, 0) is 41.1 Å². The Hall–Kier alpha value is -0.780. The highest BCUT2D eigenvalue weighted by Crippen LogP contribution is 2.25. The van der Waals surface area contributed by atoms with Gasteiger partial charge in [-0.3, -0.25) is 0 Å². The standard InChI is InChI=1S/C10H12BrClN2O2/c1-6(5-15)13-10(16)14-7-2-3-8(11)9(12)4-7/h2-4,6,15H,5H2,1H3,(H2,13,14,16)/t6-/m0/s1. The summed E-state index contributed by atoms with van der Waals surface area (Å²) in [7, 11) is 0. The van der Waals surface area contributed by atoms with Crippen molar-refractivity contribution in [1.29, 1.82) is 0 Å². The lowest BCUT2D eigenvalue weighted by atomic mass is 10.3. The fourth-order valence-corrected chi connectivity index (χ4v) is 1.44. The number of rotatable bonds is 3. The van der Waals surface area contributed by atoms with Crippen LogP contribution in [0.4, 0.5) is 10.5 Å². The highest BCUT2D eigenvalue weighted by atomic mass is 79.9. The van der Waals surface area contributed by atoms with Gasteiger partial charge in [-0.15, -0.1) is 0 Å². The highest BCUT2D eigenvalue weighted by molar-refractivity contribution is 9.10. The first-order chi connectivity index (χ1) is 7.52. The van der Waals surface area contributed by atoms with Crippen molar-refractivity contribution in [2.75, 3.05) is 11.9 Å². The van der Waals surface area contributed by atoms with Crippen molar-refractivity contribution >= 4 is 39.2 Å². The monoisotopic (exact) mass is 306 g/mol. The number of hydrogen-bond donors (Lipinski definition) is 3. The maximum atomic E-state index is 11.4. The molecule has 0 saturated heterocycles. The minimum absolute atomic E-state index is 0.103. The van der Waals surface area contributed by atoms with Crippen LogP contribution in [-0.4, -0.2) is 23.8 Å². The topological polar surface area (TPSA) is 61.4 Å². The third-order valence-corrected chi connectivity index (χ3v) is 3.06. The number of aliphatic hydroxyl groups is 1. The van der Waals surface area contributed by atoms with Gasteiger partial charge in [0.15, 0.2) is 0 Å². The number of urea groups is 1. The molecule has 16 heavy (non-hydrogen) atoms. The molecular formula is C10H12BrClN2O2. The molecule has 0 aromatic heterocycles. The number of carbonyl (C=O) groups excluding carboxylic acids is 1. The summed E-state index contributed by atoms with van der Waals surface area (Å²) in [5, 5.41) is 14.4. The fraction of sp³-hybridized carbons (Fsp3) is 0.300. The number of hydrogen-bond acceptors (Lipinski definition) is 2. The van der Waals surface area contributed by atoms with Crippen molar-refractivity contribution in [2.45, 2.75) is 13.0 Å². The minimum atomic E-state index is -0.375. The third-order valence-electron chi connectivity index (χ3n) is 1.83. The van der Waals surface area contributed by atoms with E-state index in [1.54, 1.807) is 25.1 Å². The number of aliphatic hydroxyl groups excluding tert-OH is 1. The third kappa shape index (κ3) is 4.00. The first-order valence-corrected chi connectivity index (χ1v) is 5.83. The summed E-state index contributed by atoms with van der Waals surface area (Å²) in [6, 6.07) is 4.44. The SMILES string of the molecule is C[C@@H](CO)NC(=O)Nc1ccc(Br)c(Cl)c1. The summed E-state index contributed by atoms with van der Waals surface area (Å²) in [6.07, 6.45) is 0. The molecule has 1 aromatic carbocycles. The van der Waals surface area contributed by atoms with Crippen molar-refractivity contribution in [3.8, 4) is 0 Å². The summed E-state index contributed by atoms with van der Waals surface area (Å²) in [5.74, 6) is 0. The van der Waals surface area contributed by atoms with E-state index in [0.717, 1.165) is 4.47 Å². The van der Waals surface area contributed by atoms with Crippen LogP contribution in [0, 0.1) is 0 Å². The molecule has 0 radical (unpaired) electrons. The second kappa shape index (κ2) is 6.08. The van der Waals surface area contributed by atoms with Crippen LogP contribution in [0.25, 0.3) is 0 Å².